The highest BCUT2D eigenvalue weighted by Gasteiger charge is 2.32. The van der Waals surface area contributed by atoms with Crippen molar-refractivity contribution in [1.82, 2.24) is 9.80 Å². The second-order valence-electron chi connectivity index (χ2n) is 9.68. The molecule has 0 bridgehead atoms. The average molecular weight is 507 g/mol. The number of amides is 2. The van der Waals surface area contributed by atoms with E-state index >= 15 is 0 Å². The van der Waals surface area contributed by atoms with Crippen LogP contribution in [0.1, 0.15) is 44.2 Å². The van der Waals surface area contributed by atoms with Crippen molar-refractivity contribution < 1.29 is 31.9 Å². The Morgan fingerprint density at radius 2 is 1.80 bits per heavy atom. The van der Waals surface area contributed by atoms with Crippen molar-refractivity contribution in [3.63, 3.8) is 0 Å². The summed E-state index contributed by atoms with van der Waals surface area (Å²) in [6.45, 7) is 6.12. The number of carbonyl (C=O) groups is 2. The van der Waals surface area contributed by atoms with E-state index < -0.39 is 33.4 Å². The van der Waals surface area contributed by atoms with Gasteiger partial charge in [-0.15, -0.1) is 0 Å². The molecule has 0 aliphatic carbocycles. The standard InChI is InChI=1S/C25H31FN2O6S/c1-25(2,3)34-24(30)28-12-11-17(15-28)22-10-9-21(13-18(22)16-33-23(29)27(4)5)35(31,32)20-8-6-7-19(26)14-20/h6-10,13-14,17H,11-12,15-16H2,1-5H3. The Kier molecular flexibility index (Phi) is 7.74. The molecule has 1 atom stereocenters. The molecule has 10 heteroatoms. The molecule has 0 saturated carbocycles. The highest BCUT2D eigenvalue weighted by Crippen LogP contribution is 2.33. The SMILES string of the molecule is CN(C)C(=O)OCc1cc(S(=O)(=O)c2cccc(F)c2)ccc1C1CCN(C(=O)OC(C)(C)C)C1. The third kappa shape index (κ3) is 6.50. The lowest BCUT2D eigenvalue weighted by Crippen LogP contribution is -2.35. The van der Waals surface area contributed by atoms with Gasteiger partial charge in [0.1, 0.15) is 18.0 Å². The van der Waals surface area contributed by atoms with Gasteiger partial charge < -0.3 is 19.3 Å². The van der Waals surface area contributed by atoms with Crippen molar-refractivity contribution in [2.75, 3.05) is 27.2 Å². The fourth-order valence-corrected chi connectivity index (χ4v) is 5.16. The Morgan fingerprint density at radius 3 is 2.43 bits per heavy atom. The number of halogens is 1. The number of benzene rings is 2. The van der Waals surface area contributed by atoms with E-state index in [0.717, 1.165) is 11.6 Å². The number of carbonyl (C=O) groups excluding carboxylic acids is 2. The molecule has 1 heterocycles. The Bertz CT molecular complexity index is 1210. The van der Waals surface area contributed by atoms with Crippen LogP contribution in [0.25, 0.3) is 0 Å². The molecule has 1 aliphatic rings. The largest absolute Gasteiger partial charge is 0.445 e. The minimum Gasteiger partial charge on any atom is -0.445 e. The third-order valence-electron chi connectivity index (χ3n) is 5.53. The summed E-state index contributed by atoms with van der Waals surface area (Å²) in [5.41, 5.74) is 0.669. The maximum atomic E-state index is 13.7. The van der Waals surface area contributed by atoms with Gasteiger partial charge in [0.05, 0.1) is 9.79 Å². The quantitative estimate of drug-likeness (QED) is 0.589. The molecule has 1 unspecified atom stereocenters. The molecule has 0 spiro atoms. The van der Waals surface area contributed by atoms with Gasteiger partial charge in [0.2, 0.25) is 9.84 Å². The summed E-state index contributed by atoms with van der Waals surface area (Å²) in [7, 11) is -0.908. The molecule has 0 N–H and O–H groups in total. The van der Waals surface area contributed by atoms with Gasteiger partial charge in [-0.1, -0.05) is 12.1 Å². The average Bonchev–Trinajstić information content (AvgIpc) is 3.26. The Hall–Kier alpha value is -3.14. The van der Waals surface area contributed by atoms with E-state index in [1.165, 1.54) is 35.2 Å². The predicted octanol–water partition coefficient (Wildman–Crippen LogP) is 4.58. The number of nitrogens with zero attached hydrogens (tertiary/aromatic N) is 2. The van der Waals surface area contributed by atoms with Gasteiger partial charge >= 0.3 is 12.2 Å². The summed E-state index contributed by atoms with van der Waals surface area (Å²) in [4.78, 5) is 27.2. The van der Waals surface area contributed by atoms with E-state index in [0.29, 0.717) is 25.1 Å². The van der Waals surface area contributed by atoms with E-state index in [-0.39, 0.29) is 22.3 Å². The van der Waals surface area contributed by atoms with E-state index in [1.54, 1.807) is 45.8 Å². The lowest BCUT2D eigenvalue weighted by molar-refractivity contribution is 0.0292. The van der Waals surface area contributed by atoms with Crippen molar-refractivity contribution in [3.05, 3.63) is 59.4 Å². The maximum Gasteiger partial charge on any atom is 0.410 e. The zero-order valence-corrected chi connectivity index (χ0v) is 21.4. The molecular weight excluding hydrogens is 475 g/mol. The van der Waals surface area contributed by atoms with Gasteiger partial charge in [0.25, 0.3) is 0 Å². The molecule has 1 saturated heterocycles. The van der Waals surface area contributed by atoms with Crippen molar-refractivity contribution in [2.24, 2.45) is 0 Å². The number of ether oxygens (including phenoxy) is 2. The summed E-state index contributed by atoms with van der Waals surface area (Å²) in [5, 5.41) is 0. The van der Waals surface area contributed by atoms with Crippen LogP contribution in [0.5, 0.6) is 0 Å². The van der Waals surface area contributed by atoms with Crippen LogP contribution in [-0.2, 0) is 25.9 Å². The van der Waals surface area contributed by atoms with Gasteiger partial charge in [-0.25, -0.2) is 22.4 Å². The first-order chi connectivity index (χ1) is 16.3. The van der Waals surface area contributed by atoms with Crippen molar-refractivity contribution >= 4 is 22.0 Å². The molecule has 0 radical (unpaired) electrons. The number of likely N-dealkylation sites (tertiary alicyclic amines) is 1. The van der Waals surface area contributed by atoms with Crippen LogP contribution >= 0.6 is 0 Å². The first kappa shape index (κ1) is 26.5. The van der Waals surface area contributed by atoms with Gasteiger partial charge in [-0.3, -0.25) is 0 Å². The van der Waals surface area contributed by atoms with Gasteiger partial charge in [0, 0.05) is 33.1 Å². The Labute approximate surface area is 205 Å². The molecule has 35 heavy (non-hydrogen) atoms. The van der Waals surface area contributed by atoms with E-state index in [1.807, 2.05) is 0 Å². The van der Waals surface area contributed by atoms with Crippen molar-refractivity contribution in [2.45, 2.75) is 55.1 Å². The number of hydrogen-bond acceptors (Lipinski definition) is 6. The molecular formula is C25H31FN2O6S. The summed E-state index contributed by atoms with van der Waals surface area (Å²) in [6, 6.07) is 9.38. The second-order valence-corrected chi connectivity index (χ2v) is 11.6. The maximum absolute atomic E-state index is 13.7. The van der Waals surface area contributed by atoms with Crippen molar-refractivity contribution in [1.29, 1.82) is 0 Å². The zero-order valence-electron chi connectivity index (χ0n) is 20.6. The summed E-state index contributed by atoms with van der Waals surface area (Å²) < 4.78 is 50.8. The number of rotatable bonds is 5. The highest BCUT2D eigenvalue weighted by molar-refractivity contribution is 7.91. The van der Waals surface area contributed by atoms with Gasteiger partial charge in [-0.2, -0.15) is 0 Å². The van der Waals surface area contributed by atoms with Crippen LogP contribution in [0.4, 0.5) is 14.0 Å². The van der Waals surface area contributed by atoms with Gasteiger partial charge in [0.15, 0.2) is 0 Å². The molecule has 0 aromatic heterocycles. The molecule has 190 valence electrons. The molecule has 3 rings (SSSR count). The highest BCUT2D eigenvalue weighted by atomic mass is 32.2. The predicted molar refractivity (Wildman–Crippen MR) is 127 cm³/mol. The molecule has 2 amide bonds. The Morgan fingerprint density at radius 1 is 1.11 bits per heavy atom. The summed E-state index contributed by atoms with van der Waals surface area (Å²) >= 11 is 0. The summed E-state index contributed by atoms with van der Waals surface area (Å²) in [6.07, 6.45) is -0.342. The molecule has 8 nitrogen and oxygen atoms in total. The van der Waals surface area contributed by atoms with E-state index in [9.17, 15) is 22.4 Å². The van der Waals surface area contributed by atoms with Crippen LogP contribution in [0.15, 0.2) is 52.3 Å². The molecule has 1 aliphatic heterocycles. The second kappa shape index (κ2) is 10.2. The minimum absolute atomic E-state index is 0.0373. The molecule has 2 aromatic carbocycles. The minimum atomic E-state index is -4.00. The Balaban J connectivity index is 1.93. The van der Waals surface area contributed by atoms with Crippen LogP contribution in [0.2, 0.25) is 0 Å². The third-order valence-corrected chi connectivity index (χ3v) is 7.28. The van der Waals surface area contributed by atoms with E-state index in [2.05, 4.69) is 0 Å². The molecule has 1 fully saturated rings. The molecule has 2 aromatic rings. The van der Waals surface area contributed by atoms with E-state index in [4.69, 9.17) is 9.47 Å². The van der Waals surface area contributed by atoms with Crippen molar-refractivity contribution in [3.8, 4) is 0 Å². The monoisotopic (exact) mass is 506 g/mol. The number of sulfone groups is 1. The van der Waals surface area contributed by atoms with Crippen LogP contribution in [0, 0.1) is 5.82 Å². The first-order valence-corrected chi connectivity index (χ1v) is 12.7. The first-order valence-electron chi connectivity index (χ1n) is 11.2. The fourth-order valence-electron chi connectivity index (χ4n) is 3.82. The number of hydrogen-bond donors (Lipinski definition) is 0. The topological polar surface area (TPSA) is 93.2 Å². The smallest absolute Gasteiger partial charge is 0.410 e. The fraction of sp³-hybridized carbons (Fsp3) is 0.440. The lowest BCUT2D eigenvalue weighted by Gasteiger charge is -2.24. The lowest BCUT2D eigenvalue weighted by atomic mass is 9.94. The summed E-state index contributed by atoms with van der Waals surface area (Å²) in [5.74, 6) is -0.752. The van der Waals surface area contributed by atoms with Crippen LogP contribution in [0.3, 0.4) is 0 Å². The van der Waals surface area contributed by atoms with Gasteiger partial charge in [-0.05, 0) is 68.7 Å². The normalized spacial score (nSPS) is 16.2. The van der Waals surface area contributed by atoms with Crippen LogP contribution < -0.4 is 0 Å². The van der Waals surface area contributed by atoms with Crippen LogP contribution in [-0.4, -0.2) is 63.2 Å². The zero-order chi connectivity index (χ0) is 26.0.